The molecule has 0 bridgehead atoms. The Bertz CT molecular complexity index is 429. The number of hydrogen-bond donors (Lipinski definition) is 1. The van der Waals surface area contributed by atoms with Gasteiger partial charge in [-0.3, -0.25) is 0 Å². The predicted octanol–water partition coefficient (Wildman–Crippen LogP) is 3.73. The first kappa shape index (κ1) is 8.57. The van der Waals surface area contributed by atoms with Crippen LogP contribution in [0.1, 0.15) is 24.6 Å². The zero-order valence-electron chi connectivity index (χ0n) is 7.74. The summed E-state index contributed by atoms with van der Waals surface area (Å²) < 4.78 is 1.17. The van der Waals surface area contributed by atoms with Gasteiger partial charge in [0.1, 0.15) is 5.75 Å². The van der Waals surface area contributed by atoms with E-state index in [1.807, 2.05) is 12.1 Å². The molecule has 0 fully saturated rings. The van der Waals surface area contributed by atoms with E-state index >= 15 is 0 Å². The van der Waals surface area contributed by atoms with Gasteiger partial charge in [-0.2, -0.15) is 0 Å². The Kier molecular flexibility index (Phi) is 2.00. The van der Waals surface area contributed by atoms with Gasteiger partial charge in [0.2, 0.25) is 0 Å². The molecule has 1 heterocycles. The van der Waals surface area contributed by atoms with Gasteiger partial charge in [0.25, 0.3) is 0 Å². The zero-order chi connectivity index (χ0) is 9.42. The maximum Gasteiger partial charge on any atom is 0.117 e. The van der Waals surface area contributed by atoms with E-state index in [-0.39, 0.29) is 0 Å². The Hall–Kier alpha value is -1.02. The fourth-order valence-electron chi connectivity index (χ4n) is 1.32. The van der Waals surface area contributed by atoms with Crippen molar-refractivity contribution in [3.05, 3.63) is 29.1 Å². The van der Waals surface area contributed by atoms with Crippen LogP contribution in [0.2, 0.25) is 0 Å². The molecule has 1 aromatic carbocycles. The molecule has 0 radical (unpaired) electrons. The average molecular weight is 192 g/mol. The van der Waals surface area contributed by atoms with E-state index in [1.165, 1.54) is 15.0 Å². The number of rotatable bonds is 1. The van der Waals surface area contributed by atoms with Crippen LogP contribution in [-0.4, -0.2) is 5.11 Å². The first-order valence-corrected chi connectivity index (χ1v) is 5.21. The summed E-state index contributed by atoms with van der Waals surface area (Å²) >= 11 is 1.76. The minimum Gasteiger partial charge on any atom is -0.508 e. The molecule has 0 saturated carbocycles. The van der Waals surface area contributed by atoms with Crippen LogP contribution in [0, 0.1) is 0 Å². The van der Waals surface area contributed by atoms with Crippen LogP contribution in [0.15, 0.2) is 24.3 Å². The van der Waals surface area contributed by atoms with Gasteiger partial charge in [0, 0.05) is 9.58 Å². The Morgan fingerprint density at radius 2 is 2.00 bits per heavy atom. The average Bonchev–Trinajstić information content (AvgIpc) is 2.46. The van der Waals surface area contributed by atoms with Gasteiger partial charge >= 0.3 is 0 Å². The minimum atomic E-state index is 0.352. The Balaban J connectivity index is 2.62. The fraction of sp³-hybridized carbons (Fsp3) is 0.273. The number of aromatic hydroxyl groups is 1. The molecule has 2 aromatic rings. The Morgan fingerprint density at radius 3 is 2.69 bits per heavy atom. The third-order valence-electron chi connectivity index (χ3n) is 2.09. The van der Waals surface area contributed by atoms with Crippen LogP contribution in [0.5, 0.6) is 5.75 Å². The largest absolute Gasteiger partial charge is 0.508 e. The van der Waals surface area contributed by atoms with Crippen molar-refractivity contribution in [3.8, 4) is 5.75 Å². The molecule has 68 valence electrons. The third-order valence-corrected chi connectivity index (χ3v) is 3.49. The fourth-order valence-corrected chi connectivity index (χ4v) is 2.42. The topological polar surface area (TPSA) is 20.2 Å². The van der Waals surface area contributed by atoms with Crippen LogP contribution in [0.3, 0.4) is 0 Å². The van der Waals surface area contributed by atoms with E-state index in [1.54, 1.807) is 17.4 Å². The highest BCUT2D eigenvalue weighted by molar-refractivity contribution is 7.19. The highest BCUT2D eigenvalue weighted by atomic mass is 32.1. The molecule has 0 aliphatic heterocycles. The van der Waals surface area contributed by atoms with Crippen LogP contribution < -0.4 is 0 Å². The lowest BCUT2D eigenvalue weighted by molar-refractivity contribution is 0.476. The van der Waals surface area contributed by atoms with Crippen molar-refractivity contribution < 1.29 is 5.11 Å². The number of phenolic OH excluding ortho intramolecular Hbond substituents is 1. The molecule has 2 rings (SSSR count). The van der Waals surface area contributed by atoms with Crippen molar-refractivity contribution in [2.24, 2.45) is 0 Å². The smallest absolute Gasteiger partial charge is 0.117 e. The van der Waals surface area contributed by atoms with E-state index in [0.29, 0.717) is 11.7 Å². The molecule has 0 aliphatic rings. The highest BCUT2D eigenvalue weighted by Gasteiger charge is 2.05. The standard InChI is InChI=1S/C11H12OS/c1-7(2)10-5-8-3-4-9(12)6-11(8)13-10/h3-7,12H,1-2H3. The SMILES string of the molecule is CC(C)c1cc2ccc(O)cc2s1. The maximum absolute atomic E-state index is 9.28. The van der Waals surface area contributed by atoms with Crippen molar-refractivity contribution in [1.29, 1.82) is 0 Å². The molecule has 2 heteroatoms. The number of hydrogen-bond acceptors (Lipinski definition) is 2. The van der Waals surface area contributed by atoms with Crippen molar-refractivity contribution in [2.45, 2.75) is 19.8 Å². The van der Waals surface area contributed by atoms with Gasteiger partial charge in [0.15, 0.2) is 0 Å². The van der Waals surface area contributed by atoms with Gasteiger partial charge in [-0.05, 0) is 35.6 Å². The van der Waals surface area contributed by atoms with E-state index < -0.39 is 0 Å². The summed E-state index contributed by atoms with van der Waals surface area (Å²) in [5, 5.41) is 10.5. The van der Waals surface area contributed by atoms with Crippen LogP contribution in [-0.2, 0) is 0 Å². The molecule has 0 atom stereocenters. The number of thiophene rings is 1. The normalized spacial score (nSPS) is 11.3. The number of phenols is 1. The zero-order valence-corrected chi connectivity index (χ0v) is 8.56. The number of benzene rings is 1. The van der Waals surface area contributed by atoms with E-state index in [4.69, 9.17) is 0 Å². The second kappa shape index (κ2) is 3.04. The molecule has 0 saturated heterocycles. The predicted molar refractivity (Wildman–Crippen MR) is 57.6 cm³/mol. The molecule has 0 amide bonds. The minimum absolute atomic E-state index is 0.352. The lowest BCUT2D eigenvalue weighted by atomic mass is 10.1. The van der Waals surface area contributed by atoms with Crippen molar-refractivity contribution in [2.75, 3.05) is 0 Å². The molecule has 0 spiro atoms. The quantitative estimate of drug-likeness (QED) is 0.730. The van der Waals surface area contributed by atoms with E-state index in [9.17, 15) is 5.11 Å². The summed E-state index contributed by atoms with van der Waals surface area (Å²) in [6, 6.07) is 7.72. The van der Waals surface area contributed by atoms with Crippen LogP contribution >= 0.6 is 11.3 Å². The van der Waals surface area contributed by atoms with Gasteiger partial charge in [-0.25, -0.2) is 0 Å². The Morgan fingerprint density at radius 1 is 1.23 bits per heavy atom. The molecule has 0 unspecified atom stereocenters. The van der Waals surface area contributed by atoms with Crippen molar-refractivity contribution >= 4 is 21.4 Å². The monoisotopic (exact) mass is 192 g/mol. The lowest BCUT2D eigenvalue weighted by Crippen LogP contribution is -1.77. The molecular formula is C11H12OS. The second-order valence-corrected chi connectivity index (χ2v) is 4.64. The number of fused-ring (bicyclic) bond motifs is 1. The molecule has 0 aliphatic carbocycles. The van der Waals surface area contributed by atoms with Gasteiger partial charge < -0.3 is 5.11 Å². The highest BCUT2D eigenvalue weighted by Crippen LogP contribution is 2.32. The summed E-state index contributed by atoms with van der Waals surface area (Å²) in [4.78, 5) is 1.38. The summed E-state index contributed by atoms with van der Waals surface area (Å²) in [6.45, 7) is 4.37. The van der Waals surface area contributed by atoms with Gasteiger partial charge in [-0.1, -0.05) is 13.8 Å². The maximum atomic E-state index is 9.28. The molecule has 1 aromatic heterocycles. The van der Waals surface area contributed by atoms with Gasteiger partial charge in [-0.15, -0.1) is 11.3 Å². The van der Waals surface area contributed by atoms with Crippen molar-refractivity contribution in [1.82, 2.24) is 0 Å². The Labute approximate surface area is 81.6 Å². The van der Waals surface area contributed by atoms with E-state index in [2.05, 4.69) is 19.9 Å². The summed E-state index contributed by atoms with van der Waals surface area (Å²) in [5.74, 6) is 0.921. The first-order valence-electron chi connectivity index (χ1n) is 4.39. The molecule has 13 heavy (non-hydrogen) atoms. The van der Waals surface area contributed by atoms with Crippen LogP contribution in [0.25, 0.3) is 10.1 Å². The summed E-state index contributed by atoms with van der Waals surface area (Å²) in [5.41, 5.74) is 0. The lowest BCUT2D eigenvalue weighted by Gasteiger charge is -1.96. The summed E-state index contributed by atoms with van der Waals surface area (Å²) in [6.07, 6.45) is 0. The molecular weight excluding hydrogens is 180 g/mol. The molecule has 1 N–H and O–H groups in total. The third kappa shape index (κ3) is 1.54. The van der Waals surface area contributed by atoms with Crippen LogP contribution in [0.4, 0.5) is 0 Å². The first-order chi connectivity index (χ1) is 6.16. The van der Waals surface area contributed by atoms with Crippen molar-refractivity contribution in [3.63, 3.8) is 0 Å². The summed E-state index contributed by atoms with van der Waals surface area (Å²) in [7, 11) is 0. The molecule has 1 nitrogen and oxygen atoms in total. The van der Waals surface area contributed by atoms with E-state index in [0.717, 1.165) is 0 Å². The second-order valence-electron chi connectivity index (χ2n) is 3.53. The van der Waals surface area contributed by atoms with Gasteiger partial charge in [0.05, 0.1) is 0 Å².